The summed E-state index contributed by atoms with van der Waals surface area (Å²) in [6.45, 7) is 1.78. The number of benzene rings is 2. The molecule has 1 aliphatic heterocycles. The lowest BCUT2D eigenvalue weighted by Gasteiger charge is -2.40. The zero-order chi connectivity index (χ0) is 24.1. The molecule has 2 aliphatic rings. The largest absolute Gasteiger partial charge is 0.481 e. The van der Waals surface area contributed by atoms with Crippen molar-refractivity contribution in [1.29, 1.82) is 0 Å². The molecule has 34 heavy (non-hydrogen) atoms. The van der Waals surface area contributed by atoms with E-state index in [-0.39, 0.29) is 37.8 Å². The van der Waals surface area contributed by atoms with Gasteiger partial charge in [-0.1, -0.05) is 48.5 Å². The van der Waals surface area contributed by atoms with Gasteiger partial charge in [-0.25, -0.2) is 4.79 Å². The van der Waals surface area contributed by atoms with Gasteiger partial charge >= 0.3 is 12.1 Å². The number of amides is 2. The van der Waals surface area contributed by atoms with Crippen LogP contribution in [0.2, 0.25) is 0 Å². The molecule has 2 aromatic rings. The van der Waals surface area contributed by atoms with E-state index in [1.807, 2.05) is 31.3 Å². The minimum atomic E-state index is -0.929. The van der Waals surface area contributed by atoms with E-state index in [0.29, 0.717) is 12.8 Å². The smallest absolute Gasteiger partial charge is 0.407 e. The highest BCUT2D eigenvalue weighted by Crippen LogP contribution is 2.44. The fraction of sp³-hybridized carbons (Fsp3) is 0.423. The van der Waals surface area contributed by atoms with E-state index in [2.05, 4.69) is 39.8 Å². The van der Waals surface area contributed by atoms with E-state index >= 15 is 0 Å². The lowest BCUT2D eigenvalue weighted by molar-refractivity contribution is -0.139. The molecular weight excluding hydrogens is 434 g/mol. The van der Waals surface area contributed by atoms with E-state index in [4.69, 9.17) is 4.74 Å². The monoisotopic (exact) mass is 465 g/mol. The van der Waals surface area contributed by atoms with Crippen molar-refractivity contribution < 1.29 is 24.2 Å². The third-order valence-corrected chi connectivity index (χ3v) is 6.80. The number of piperidine rings is 1. The zero-order valence-electron chi connectivity index (χ0n) is 19.4. The molecule has 0 spiro atoms. The summed E-state index contributed by atoms with van der Waals surface area (Å²) in [5.41, 5.74) is 3.86. The molecule has 1 aliphatic carbocycles. The molecule has 0 aromatic heterocycles. The molecule has 4 rings (SSSR count). The van der Waals surface area contributed by atoms with E-state index in [0.717, 1.165) is 35.3 Å². The number of nitrogens with one attached hydrogen (secondary N) is 2. The summed E-state index contributed by atoms with van der Waals surface area (Å²) in [6, 6.07) is 16.2. The number of carboxylic acid groups (broad SMARTS) is 1. The molecule has 0 unspecified atom stereocenters. The molecule has 180 valence electrons. The van der Waals surface area contributed by atoms with Crippen LogP contribution in [0.25, 0.3) is 11.1 Å². The van der Waals surface area contributed by atoms with Crippen molar-refractivity contribution in [2.24, 2.45) is 0 Å². The van der Waals surface area contributed by atoms with Crippen LogP contribution in [-0.2, 0) is 14.3 Å². The van der Waals surface area contributed by atoms with Crippen molar-refractivity contribution >= 4 is 18.0 Å². The van der Waals surface area contributed by atoms with E-state index in [9.17, 15) is 19.5 Å². The molecule has 1 fully saturated rings. The first-order valence-corrected chi connectivity index (χ1v) is 11.7. The predicted octanol–water partition coefficient (Wildman–Crippen LogP) is 2.97. The number of hydrogen-bond donors (Lipinski definition) is 3. The highest BCUT2D eigenvalue weighted by Gasteiger charge is 2.37. The van der Waals surface area contributed by atoms with Gasteiger partial charge in [0.15, 0.2) is 0 Å². The van der Waals surface area contributed by atoms with E-state index < -0.39 is 17.6 Å². The number of rotatable bonds is 8. The number of hydrogen-bond acceptors (Lipinski definition) is 5. The van der Waals surface area contributed by atoms with E-state index in [1.54, 1.807) is 0 Å². The van der Waals surface area contributed by atoms with Crippen LogP contribution < -0.4 is 10.6 Å². The van der Waals surface area contributed by atoms with Crippen molar-refractivity contribution in [3.8, 4) is 11.1 Å². The normalized spacial score (nSPS) is 16.9. The number of carbonyl (C=O) groups is 3. The van der Waals surface area contributed by atoms with Gasteiger partial charge in [-0.05, 0) is 42.1 Å². The Hall–Kier alpha value is -3.39. The number of ether oxygens (including phenoxy) is 1. The second kappa shape index (κ2) is 10.3. The van der Waals surface area contributed by atoms with Crippen LogP contribution in [0.15, 0.2) is 48.5 Å². The Kier molecular flexibility index (Phi) is 7.17. The Morgan fingerprint density at radius 2 is 1.62 bits per heavy atom. The minimum absolute atomic E-state index is 0.0261. The molecule has 0 atom stereocenters. The van der Waals surface area contributed by atoms with Crippen molar-refractivity contribution in [3.63, 3.8) is 0 Å². The SMILES string of the molecule is CN1CCC(CC(=O)O)(NC(=O)CCNC(=O)OCC2c3ccccc3-c3ccccc32)CC1. The summed E-state index contributed by atoms with van der Waals surface area (Å²) in [5.74, 6) is -1.23. The number of alkyl carbamates (subject to hydrolysis) is 1. The van der Waals surface area contributed by atoms with Gasteiger partial charge < -0.3 is 25.4 Å². The van der Waals surface area contributed by atoms with Gasteiger partial charge in [-0.3, -0.25) is 9.59 Å². The Bertz CT molecular complexity index is 1020. The van der Waals surface area contributed by atoms with Crippen LogP contribution in [0.4, 0.5) is 4.79 Å². The highest BCUT2D eigenvalue weighted by atomic mass is 16.5. The molecule has 0 saturated carbocycles. The number of nitrogens with zero attached hydrogens (tertiary/aromatic N) is 1. The summed E-state index contributed by atoms with van der Waals surface area (Å²) >= 11 is 0. The first-order chi connectivity index (χ1) is 16.4. The Balaban J connectivity index is 1.26. The van der Waals surface area contributed by atoms with Crippen LogP contribution >= 0.6 is 0 Å². The quantitative estimate of drug-likeness (QED) is 0.553. The van der Waals surface area contributed by atoms with Gasteiger partial charge in [0, 0.05) is 32.0 Å². The second-order valence-corrected chi connectivity index (χ2v) is 9.20. The van der Waals surface area contributed by atoms with E-state index in [1.165, 1.54) is 0 Å². The number of aliphatic carboxylic acids is 1. The standard InChI is InChI=1S/C26H31N3O5/c1-29-14-11-26(12-15-29,16-24(31)32)28-23(30)10-13-27-25(33)34-17-22-20-8-4-2-6-18(20)19-7-3-5-9-21(19)22/h2-9,22H,10-17H2,1H3,(H,27,33)(H,28,30)(H,31,32). The topological polar surface area (TPSA) is 108 Å². The van der Waals surface area contributed by atoms with Gasteiger partial charge in [0.25, 0.3) is 0 Å². The predicted molar refractivity (Wildman–Crippen MR) is 128 cm³/mol. The van der Waals surface area contributed by atoms with Crippen LogP contribution in [0, 0.1) is 0 Å². The maximum Gasteiger partial charge on any atom is 0.407 e. The third-order valence-electron chi connectivity index (χ3n) is 6.80. The minimum Gasteiger partial charge on any atom is -0.481 e. The molecule has 3 N–H and O–H groups in total. The summed E-state index contributed by atoms with van der Waals surface area (Å²) in [7, 11) is 1.98. The van der Waals surface area contributed by atoms with Gasteiger partial charge in [-0.15, -0.1) is 0 Å². The first kappa shape index (κ1) is 23.8. The molecule has 1 saturated heterocycles. The van der Waals surface area contributed by atoms with Crippen LogP contribution in [0.3, 0.4) is 0 Å². The van der Waals surface area contributed by atoms with Gasteiger partial charge in [0.2, 0.25) is 5.91 Å². The summed E-state index contributed by atoms with van der Waals surface area (Å²) < 4.78 is 5.49. The molecule has 2 aromatic carbocycles. The summed E-state index contributed by atoms with van der Waals surface area (Å²) in [4.78, 5) is 38.2. The Labute approximate surface area is 199 Å². The van der Waals surface area contributed by atoms with Crippen LogP contribution in [0.5, 0.6) is 0 Å². The first-order valence-electron chi connectivity index (χ1n) is 11.7. The molecule has 0 bridgehead atoms. The number of fused-ring (bicyclic) bond motifs is 3. The number of likely N-dealkylation sites (tertiary alicyclic amines) is 1. The zero-order valence-corrected chi connectivity index (χ0v) is 19.4. The number of carboxylic acids is 1. The van der Waals surface area contributed by atoms with Gasteiger partial charge in [0.1, 0.15) is 6.61 Å². The average Bonchev–Trinajstić information content (AvgIpc) is 3.13. The molecule has 2 amide bonds. The lowest BCUT2D eigenvalue weighted by Crippen LogP contribution is -2.56. The molecular formula is C26H31N3O5. The van der Waals surface area contributed by atoms with Crippen LogP contribution in [-0.4, -0.2) is 66.8 Å². The molecule has 1 heterocycles. The Morgan fingerprint density at radius 1 is 1.03 bits per heavy atom. The highest BCUT2D eigenvalue weighted by molar-refractivity contribution is 5.80. The Morgan fingerprint density at radius 3 is 2.21 bits per heavy atom. The average molecular weight is 466 g/mol. The van der Waals surface area contributed by atoms with Gasteiger partial charge in [-0.2, -0.15) is 0 Å². The van der Waals surface area contributed by atoms with Gasteiger partial charge in [0.05, 0.1) is 12.0 Å². The molecule has 8 heteroatoms. The lowest BCUT2D eigenvalue weighted by atomic mass is 9.84. The van der Waals surface area contributed by atoms with Crippen molar-refractivity contribution in [2.75, 3.05) is 33.3 Å². The third kappa shape index (κ3) is 5.39. The van der Waals surface area contributed by atoms with Crippen molar-refractivity contribution in [1.82, 2.24) is 15.5 Å². The summed E-state index contributed by atoms with van der Waals surface area (Å²) in [6.07, 6.45) is 0.547. The fourth-order valence-corrected chi connectivity index (χ4v) is 4.97. The van der Waals surface area contributed by atoms with Crippen LogP contribution in [0.1, 0.15) is 42.7 Å². The molecule has 0 radical (unpaired) electrons. The summed E-state index contributed by atoms with van der Waals surface area (Å²) in [5, 5.41) is 14.8. The number of carbonyl (C=O) groups excluding carboxylic acids is 2. The van der Waals surface area contributed by atoms with Crippen molar-refractivity contribution in [3.05, 3.63) is 59.7 Å². The van der Waals surface area contributed by atoms with Crippen molar-refractivity contribution in [2.45, 2.75) is 37.1 Å². The maximum absolute atomic E-state index is 12.5. The second-order valence-electron chi connectivity index (χ2n) is 9.20. The molecule has 8 nitrogen and oxygen atoms in total. The maximum atomic E-state index is 12.5. The fourth-order valence-electron chi connectivity index (χ4n) is 4.97.